The van der Waals surface area contributed by atoms with Crippen molar-refractivity contribution < 1.29 is 4.79 Å². The summed E-state index contributed by atoms with van der Waals surface area (Å²) < 4.78 is 1.57. The average Bonchev–Trinajstić information content (AvgIpc) is 3.19. The summed E-state index contributed by atoms with van der Waals surface area (Å²) in [5, 5.41) is 9.13. The lowest BCUT2D eigenvalue weighted by Gasteiger charge is -2.17. The quantitative estimate of drug-likeness (QED) is 0.788. The van der Waals surface area contributed by atoms with Gasteiger partial charge in [0.1, 0.15) is 5.69 Å². The number of carbonyl (C=O) groups excluding carboxylic acids is 1. The minimum Gasteiger partial charge on any atom is -0.342 e. The van der Waals surface area contributed by atoms with E-state index >= 15 is 0 Å². The second-order valence-corrected chi connectivity index (χ2v) is 5.94. The fourth-order valence-corrected chi connectivity index (χ4v) is 3.02. The number of thiophene rings is 1. The van der Waals surface area contributed by atoms with Crippen LogP contribution in [0.3, 0.4) is 0 Å². The smallest absolute Gasteiger partial charge is 0.270 e. The van der Waals surface area contributed by atoms with Crippen molar-refractivity contribution in [2.45, 2.75) is 12.5 Å². The van der Waals surface area contributed by atoms with E-state index in [0.29, 0.717) is 5.69 Å². The molecule has 0 bridgehead atoms. The van der Waals surface area contributed by atoms with Crippen LogP contribution < -0.4 is 5.32 Å². The van der Waals surface area contributed by atoms with Crippen LogP contribution in [-0.2, 0) is 13.5 Å². The third-order valence-corrected chi connectivity index (χ3v) is 4.29. The van der Waals surface area contributed by atoms with E-state index in [0.717, 1.165) is 12.1 Å². The van der Waals surface area contributed by atoms with E-state index in [-0.39, 0.29) is 11.9 Å². The number of hydrogen-bond donors (Lipinski definition) is 1. The minimum absolute atomic E-state index is 0.146. The van der Waals surface area contributed by atoms with Crippen molar-refractivity contribution in [2.24, 2.45) is 7.05 Å². The largest absolute Gasteiger partial charge is 0.342 e. The first-order valence-corrected chi connectivity index (χ1v) is 7.84. The van der Waals surface area contributed by atoms with Crippen molar-refractivity contribution >= 4 is 17.2 Å². The average molecular weight is 312 g/mol. The van der Waals surface area contributed by atoms with Crippen LogP contribution >= 0.6 is 11.3 Å². The maximum atomic E-state index is 12.4. The molecule has 3 aromatic heterocycles. The molecule has 0 fully saturated rings. The van der Waals surface area contributed by atoms with Gasteiger partial charge in [-0.05, 0) is 29.6 Å². The highest BCUT2D eigenvalue weighted by Gasteiger charge is 2.19. The van der Waals surface area contributed by atoms with Crippen molar-refractivity contribution in [3.8, 4) is 0 Å². The predicted molar refractivity (Wildman–Crippen MR) is 85.7 cm³/mol. The van der Waals surface area contributed by atoms with Gasteiger partial charge in [0, 0.05) is 30.7 Å². The normalized spacial score (nSPS) is 12.0. The molecule has 3 rings (SSSR count). The zero-order valence-corrected chi connectivity index (χ0v) is 13.0. The molecule has 0 aliphatic heterocycles. The Morgan fingerprint density at radius 2 is 2.18 bits per heavy atom. The Labute approximate surface area is 132 Å². The second kappa shape index (κ2) is 6.53. The van der Waals surface area contributed by atoms with Gasteiger partial charge in [-0.1, -0.05) is 12.1 Å². The number of nitrogens with one attached hydrogen (secondary N) is 1. The summed E-state index contributed by atoms with van der Waals surface area (Å²) in [6.45, 7) is 0. The molecule has 1 amide bonds. The fraction of sp³-hybridized carbons (Fsp3) is 0.188. The first kappa shape index (κ1) is 14.5. The van der Waals surface area contributed by atoms with Gasteiger partial charge in [0.25, 0.3) is 5.91 Å². The monoisotopic (exact) mass is 312 g/mol. The molecule has 22 heavy (non-hydrogen) atoms. The highest BCUT2D eigenvalue weighted by Crippen LogP contribution is 2.20. The third kappa shape index (κ3) is 3.23. The van der Waals surface area contributed by atoms with Gasteiger partial charge in [0.05, 0.1) is 11.7 Å². The molecule has 0 aliphatic carbocycles. The number of nitrogens with zero attached hydrogens (tertiary/aromatic N) is 3. The standard InChI is InChI=1S/C16H16N4OS/c1-20-15(7-9-18-20)16(21)19-14(11-12-5-4-10-22-12)13-6-2-3-8-17-13/h2-10,14H,11H2,1H3,(H,19,21)/t14-/m0/s1. The molecule has 5 nitrogen and oxygen atoms in total. The lowest BCUT2D eigenvalue weighted by Crippen LogP contribution is -2.31. The van der Waals surface area contributed by atoms with Crippen LogP contribution in [0.5, 0.6) is 0 Å². The Bertz CT molecular complexity index is 737. The number of rotatable bonds is 5. The highest BCUT2D eigenvalue weighted by atomic mass is 32.1. The molecular formula is C16H16N4OS. The molecular weight excluding hydrogens is 296 g/mol. The van der Waals surface area contributed by atoms with Crippen LogP contribution in [-0.4, -0.2) is 20.7 Å². The number of pyridine rings is 1. The highest BCUT2D eigenvalue weighted by molar-refractivity contribution is 7.09. The van der Waals surface area contributed by atoms with Crippen LogP contribution in [0.15, 0.2) is 54.2 Å². The SMILES string of the molecule is Cn1nccc1C(=O)N[C@@H](Cc1cccs1)c1ccccn1. The molecule has 0 unspecified atom stereocenters. The van der Waals surface area contributed by atoms with E-state index < -0.39 is 0 Å². The van der Waals surface area contributed by atoms with E-state index in [4.69, 9.17) is 0 Å². The Morgan fingerprint density at radius 3 is 2.82 bits per heavy atom. The van der Waals surface area contributed by atoms with Gasteiger partial charge in [0.15, 0.2) is 0 Å². The van der Waals surface area contributed by atoms with Crippen molar-refractivity contribution in [2.75, 3.05) is 0 Å². The van der Waals surface area contributed by atoms with Crippen LogP contribution in [0.2, 0.25) is 0 Å². The van der Waals surface area contributed by atoms with Gasteiger partial charge in [-0.25, -0.2) is 0 Å². The Kier molecular flexibility index (Phi) is 4.29. The molecule has 1 atom stereocenters. The maximum Gasteiger partial charge on any atom is 0.270 e. The first-order valence-electron chi connectivity index (χ1n) is 6.96. The number of aromatic nitrogens is 3. The molecule has 6 heteroatoms. The summed E-state index contributed by atoms with van der Waals surface area (Å²) in [6, 6.07) is 11.4. The topological polar surface area (TPSA) is 59.8 Å². The fourth-order valence-electron chi connectivity index (χ4n) is 2.27. The number of aryl methyl sites for hydroxylation is 1. The van der Waals surface area contributed by atoms with E-state index in [2.05, 4.69) is 21.5 Å². The zero-order valence-electron chi connectivity index (χ0n) is 12.1. The summed E-state index contributed by atoms with van der Waals surface area (Å²) in [6.07, 6.45) is 4.08. The van der Waals surface area contributed by atoms with E-state index in [9.17, 15) is 4.79 Å². The number of hydrogen-bond acceptors (Lipinski definition) is 4. The molecule has 1 N–H and O–H groups in total. The Morgan fingerprint density at radius 1 is 1.27 bits per heavy atom. The number of carbonyl (C=O) groups is 1. The molecule has 0 spiro atoms. The summed E-state index contributed by atoms with van der Waals surface area (Å²) in [5.74, 6) is -0.146. The van der Waals surface area contributed by atoms with Gasteiger partial charge < -0.3 is 5.32 Å². The van der Waals surface area contributed by atoms with Crippen LogP contribution in [0.25, 0.3) is 0 Å². The van der Waals surface area contributed by atoms with Crippen LogP contribution in [0, 0.1) is 0 Å². The molecule has 0 saturated carbocycles. The molecule has 3 heterocycles. The third-order valence-electron chi connectivity index (χ3n) is 3.39. The summed E-state index contributed by atoms with van der Waals surface area (Å²) in [7, 11) is 1.75. The molecule has 0 aromatic carbocycles. The summed E-state index contributed by atoms with van der Waals surface area (Å²) in [5.41, 5.74) is 1.39. The molecule has 112 valence electrons. The van der Waals surface area contributed by atoms with Crippen molar-refractivity contribution in [3.05, 3.63) is 70.4 Å². The van der Waals surface area contributed by atoms with E-state index in [1.165, 1.54) is 4.88 Å². The van der Waals surface area contributed by atoms with Gasteiger partial charge in [0.2, 0.25) is 0 Å². The van der Waals surface area contributed by atoms with Crippen LogP contribution in [0.4, 0.5) is 0 Å². The van der Waals surface area contributed by atoms with Crippen LogP contribution in [0.1, 0.15) is 27.1 Å². The lowest BCUT2D eigenvalue weighted by molar-refractivity contribution is 0.0926. The predicted octanol–water partition coefficient (Wildman–Crippen LogP) is 2.59. The van der Waals surface area contributed by atoms with Gasteiger partial charge >= 0.3 is 0 Å². The van der Waals surface area contributed by atoms with Crippen molar-refractivity contribution in [3.63, 3.8) is 0 Å². The Hall–Kier alpha value is -2.47. The number of amides is 1. The second-order valence-electron chi connectivity index (χ2n) is 4.90. The van der Waals surface area contributed by atoms with Gasteiger partial charge in [-0.3, -0.25) is 14.5 Å². The van der Waals surface area contributed by atoms with Gasteiger partial charge in [-0.2, -0.15) is 5.10 Å². The molecule has 3 aromatic rings. The summed E-state index contributed by atoms with van der Waals surface area (Å²) >= 11 is 1.68. The molecule has 0 saturated heterocycles. The molecule has 0 radical (unpaired) electrons. The zero-order chi connectivity index (χ0) is 15.4. The van der Waals surface area contributed by atoms with E-state index in [1.54, 1.807) is 41.5 Å². The minimum atomic E-state index is -0.165. The lowest BCUT2D eigenvalue weighted by atomic mass is 10.1. The van der Waals surface area contributed by atoms with E-state index in [1.807, 2.05) is 29.6 Å². The maximum absolute atomic E-state index is 12.4. The van der Waals surface area contributed by atoms with Gasteiger partial charge in [-0.15, -0.1) is 11.3 Å². The Balaban J connectivity index is 1.82. The summed E-state index contributed by atoms with van der Waals surface area (Å²) in [4.78, 5) is 18.0. The molecule has 0 aliphatic rings. The first-order chi connectivity index (χ1) is 10.7. The van der Waals surface area contributed by atoms with Crippen molar-refractivity contribution in [1.29, 1.82) is 0 Å². The van der Waals surface area contributed by atoms with Crippen molar-refractivity contribution in [1.82, 2.24) is 20.1 Å².